The Morgan fingerprint density at radius 3 is 2.20 bits per heavy atom. The fraction of sp³-hybridized carbons (Fsp3) is 0. The normalized spacial score (nSPS) is 9.87. The maximum Gasteiger partial charge on any atom is 0.210 e. The Balaban J connectivity index is 2.33. The first-order valence-electron chi connectivity index (χ1n) is 4.79. The summed E-state index contributed by atoms with van der Waals surface area (Å²) < 4.78 is 1.95. The minimum absolute atomic E-state index is 0.757. The maximum absolute atomic E-state index is 5.62. The molecule has 0 atom stereocenters. The number of hydrogen-bond donors (Lipinski definition) is 1. The second-order valence-electron chi connectivity index (χ2n) is 3.35. The molecule has 15 heavy (non-hydrogen) atoms. The zero-order chi connectivity index (χ0) is 10.7. The van der Waals surface area contributed by atoms with E-state index in [2.05, 4.69) is 6.58 Å². The minimum Gasteiger partial charge on any atom is -0.398 e. The second kappa shape index (κ2) is 3.96. The summed E-state index contributed by atoms with van der Waals surface area (Å²) in [7, 11) is 0. The Hall–Kier alpha value is -2.09. The maximum atomic E-state index is 5.62. The van der Waals surface area contributed by atoms with Crippen LogP contribution in [0.3, 0.4) is 0 Å². The van der Waals surface area contributed by atoms with Crippen molar-refractivity contribution >= 4 is 11.4 Å². The molecule has 0 saturated carbocycles. The molecule has 0 aliphatic heterocycles. The van der Waals surface area contributed by atoms with Crippen LogP contribution >= 0.6 is 0 Å². The van der Waals surface area contributed by atoms with E-state index >= 15 is 0 Å². The lowest BCUT2D eigenvalue weighted by Gasteiger charge is -1.99. The van der Waals surface area contributed by atoms with Gasteiger partial charge in [-0.15, -0.1) is 0 Å². The minimum atomic E-state index is 0.757. The van der Waals surface area contributed by atoms with E-state index in [0.717, 1.165) is 16.9 Å². The van der Waals surface area contributed by atoms with E-state index < -0.39 is 0 Å². The molecule has 2 nitrogen and oxygen atoms in total. The number of pyridine rings is 1. The highest BCUT2D eigenvalue weighted by molar-refractivity contribution is 5.55. The number of nitrogen functional groups attached to an aromatic ring is 1. The van der Waals surface area contributed by atoms with Gasteiger partial charge < -0.3 is 5.73 Å². The number of nitrogens with two attached hydrogens (primary N) is 1. The van der Waals surface area contributed by atoms with Gasteiger partial charge in [0.1, 0.15) is 0 Å². The topological polar surface area (TPSA) is 29.9 Å². The van der Waals surface area contributed by atoms with Crippen LogP contribution in [0, 0.1) is 0 Å². The summed E-state index contributed by atoms with van der Waals surface area (Å²) in [5.74, 6) is 0. The van der Waals surface area contributed by atoms with Gasteiger partial charge in [-0.3, -0.25) is 0 Å². The molecule has 0 fully saturated rings. The Morgan fingerprint density at radius 2 is 1.60 bits per heavy atom. The zero-order valence-corrected chi connectivity index (χ0v) is 8.43. The Kier molecular flexibility index (Phi) is 2.50. The molecule has 0 aliphatic rings. The lowest BCUT2D eigenvalue weighted by atomic mass is 10.2. The van der Waals surface area contributed by atoms with E-state index in [4.69, 9.17) is 5.73 Å². The summed E-state index contributed by atoms with van der Waals surface area (Å²) in [4.78, 5) is 0. The summed E-state index contributed by atoms with van der Waals surface area (Å²) in [6.07, 6.45) is 3.81. The van der Waals surface area contributed by atoms with Gasteiger partial charge in [-0.25, -0.2) is 0 Å². The van der Waals surface area contributed by atoms with E-state index in [9.17, 15) is 0 Å². The zero-order valence-electron chi connectivity index (χ0n) is 8.43. The lowest BCUT2D eigenvalue weighted by Crippen LogP contribution is -2.31. The third-order valence-electron chi connectivity index (χ3n) is 2.27. The van der Waals surface area contributed by atoms with Crippen molar-refractivity contribution in [2.75, 3.05) is 5.73 Å². The molecule has 0 unspecified atom stereocenters. The first-order chi connectivity index (χ1) is 7.27. The SMILES string of the molecule is C=C(c1ccccc1)[n+]1ccc(N)cc1. The van der Waals surface area contributed by atoms with Crippen LogP contribution < -0.4 is 10.3 Å². The Labute approximate surface area is 89.3 Å². The molecule has 0 bridgehead atoms. The molecular weight excluding hydrogens is 184 g/mol. The van der Waals surface area contributed by atoms with Crippen LogP contribution in [0.25, 0.3) is 5.70 Å². The van der Waals surface area contributed by atoms with Crippen LogP contribution in [0.1, 0.15) is 5.56 Å². The van der Waals surface area contributed by atoms with E-state index in [1.165, 1.54) is 0 Å². The van der Waals surface area contributed by atoms with Crippen LogP contribution in [0.2, 0.25) is 0 Å². The highest BCUT2D eigenvalue weighted by Gasteiger charge is 2.08. The quantitative estimate of drug-likeness (QED) is 0.734. The molecule has 2 aromatic rings. The van der Waals surface area contributed by atoms with Gasteiger partial charge in [0.15, 0.2) is 12.4 Å². The highest BCUT2D eigenvalue weighted by atomic mass is 14.9. The van der Waals surface area contributed by atoms with Crippen molar-refractivity contribution in [3.63, 3.8) is 0 Å². The second-order valence-corrected chi connectivity index (χ2v) is 3.35. The number of nitrogens with zero attached hydrogens (tertiary/aromatic N) is 1. The number of hydrogen-bond acceptors (Lipinski definition) is 1. The van der Waals surface area contributed by atoms with Crippen molar-refractivity contribution < 1.29 is 4.57 Å². The van der Waals surface area contributed by atoms with Crippen LogP contribution in [0.15, 0.2) is 61.4 Å². The van der Waals surface area contributed by atoms with Crippen LogP contribution in [0.4, 0.5) is 5.69 Å². The molecule has 0 saturated heterocycles. The molecule has 2 N–H and O–H groups in total. The molecule has 0 radical (unpaired) electrons. The summed E-state index contributed by atoms with van der Waals surface area (Å²) in [6.45, 7) is 4.05. The predicted octanol–water partition coefficient (Wildman–Crippen LogP) is 2.08. The summed E-state index contributed by atoms with van der Waals surface area (Å²) >= 11 is 0. The van der Waals surface area contributed by atoms with Crippen molar-refractivity contribution in [3.05, 3.63) is 67.0 Å². The van der Waals surface area contributed by atoms with Crippen molar-refractivity contribution in [1.82, 2.24) is 0 Å². The van der Waals surface area contributed by atoms with Crippen LogP contribution in [-0.4, -0.2) is 0 Å². The lowest BCUT2D eigenvalue weighted by molar-refractivity contribution is -0.578. The molecule has 0 aliphatic carbocycles. The molecule has 2 rings (SSSR count). The van der Waals surface area contributed by atoms with E-state index in [1.54, 1.807) is 0 Å². The fourth-order valence-corrected chi connectivity index (χ4v) is 1.40. The van der Waals surface area contributed by atoms with E-state index in [-0.39, 0.29) is 0 Å². The van der Waals surface area contributed by atoms with E-state index in [0.29, 0.717) is 0 Å². The molecule has 1 aromatic heterocycles. The predicted molar refractivity (Wildman–Crippen MR) is 61.9 cm³/mol. The molecular formula is C13H13N2+. The van der Waals surface area contributed by atoms with Crippen LogP contribution in [-0.2, 0) is 0 Å². The largest absolute Gasteiger partial charge is 0.398 e. The van der Waals surface area contributed by atoms with Crippen LogP contribution in [0.5, 0.6) is 0 Å². The van der Waals surface area contributed by atoms with Crippen molar-refractivity contribution in [2.24, 2.45) is 0 Å². The van der Waals surface area contributed by atoms with Gasteiger partial charge in [0.2, 0.25) is 5.70 Å². The van der Waals surface area contributed by atoms with Gasteiger partial charge in [-0.1, -0.05) is 18.2 Å². The molecule has 2 heteroatoms. The Morgan fingerprint density at radius 1 is 1.00 bits per heavy atom. The first kappa shape index (κ1) is 9.46. The summed E-state index contributed by atoms with van der Waals surface area (Å²) in [6, 6.07) is 13.8. The Bertz CT molecular complexity index is 458. The van der Waals surface area contributed by atoms with Gasteiger partial charge in [0.25, 0.3) is 0 Å². The monoisotopic (exact) mass is 197 g/mol. The van der Waals surface area contributed by atoms with Crippen molar-refractivity contribution in [1.29, 1.82) is 0 Å². The third kappa shape index (κ3) is 2.05. The molecule has 0 spiro atoms. The molecule has 0 amide bonds. The van der Waals surface area contributed by atoms with Crippen molar-refractivity contribution in [2.45, 2.75) is 0 Å². The highest BCUT2D eigenvalue weighted by Crippen LogP contribution is 2.08. The first-order valence-corrected chi connectivity index (χ1v) is 4.79. The molecule has 74 valence electrons. The molecule has 1 aromatic carbocycles. The van der Waals surface area contributed by atoms with Crippen molar-refractivity contribution in [3.8, 4) is 0 Å². The van der Waals surface area contributed by atoms with Gasteiger partial charge in [-0.05, 0) is 18.7 Å². The van der Waals surface area contributed by atoms with Gasteiger partial charge in [-0.2, -0.15) is 4.57 Å². The number of anilines is 1. The number of rotatable bonds is 2. The average Bonchev–Trinajstić information content (AvgIpc) is 2.30. The average molecular weight is 197 g/mol. The summed E-state index contributed by atoms with van der Waals surface area (Å²) in [5.41, 5.74) is 8.42. The van der Waals surface area contributed by atoms with Gasteiger partial charge >= 0.3 is 0 Å². The standard InChI is InChI=1S/C13H12N2/c1-11(12-5-3-2-4-6-12)15-9-7-13(14)8-10-15/h2-10,14H,1H2/p+1. The number of aromatic nitrogens is 1. The van der Waals surface area contributed by atoms with E-state index in [1.807, 2.05) is 59.4 Å². The molecule has 1 heterocycles. The third-order valence-corrected chi connectivity index (χ3v) is 2.27. The van der Waals surface area contributed by atoms with Gasteiger partial charge in [0.05, 0.1) is 0 Å². The smallest absolute Gasteiger partial charge is 0.210 e. The fourth-order valence-electron chi connectivity index (χ4n) is 1.40. The summed E-state index contributed by atoms with van der Waals surface area (Å²) in [5, 5.41) is 0. The number of benzene rings is 1. The van der Waals surface area contributed by atoms with Gasteiger partial charge in [0, 0.05) is 23.4 Å².